The molecular formula is C18H25BrN2. The summed E-state index contributed by atoms with van der Waals surface area (Å²) < 4.78 is 3.39. The summed E-state index contributed by atoms with van der Waals surface area (Å²) in [6, 6.07) is 11.2. The van der Waals surface area contributed by atoms with E-state index in [0.717, 1.165) is 17.6 Å². The van der Waals surface area contributed by atoms with Crippen molar-refractivity contribution < 1.29 is 0 Å². The predicted octanol–water partition coefficient (Wildman–Crippen LogP) is 5.00. The van der Waals surface area contributed by atoms with E-state index in [1.807, 2.05) is 0 Å². The van der Waals surface area contributed by atoms with E-state index >= 15 is 0 Å². The average Bonchev–Trinajstić information content (AvgIpc) is 2.90. The lowest BCUT2D eigenvalue weighted by molar-refractivity contribution is 0.412. The van der Waals surface area contributed by atoms with Gasteiger partial charge in [-0.25, -0.2) is 0 Å². The van der Waals surface area contributed by atoms with Gasteiger partial charge in [-0.1, -0.05) is 48.8 Å². The van der Waals surface area contributed by atoms with Crippen LogP contribution >= 0.6 is 15.9 Å². The normalized spacial score (nSPS) is 12.8. The second-order valence-corrected chi connectivity index (χ2v) is 6.84. The molecular weight excluding hydrogens is 324 g/mol. The van der Waals surface area contributed by atoms with Crippen LogP contribution in [-0.2, 0) is 6.54 Å². The summed E-state index contributed by atoms with van der Waals surface area (Å²) in [5, 5.41) is 3.65. The molecule has 1 atom stereocenters. The summed E-state index contributed by atoms with van der Waals surface area (Å²) in [6.07, 6.45) is 5.62. The van der Waals surface area contributed by atoms with Crippen molar-refractivity contribution in [1.82, 2.24) is 9.88 Å². The van der Waals surface area contributed by atoms with Crippen LogP contribution in [-0.4, -0.2) is 11.1 Å². The van der Waals surface area contributed by atoms with Crippen molar-refractivity contribution in [2.75, 3.05) is 6.54 Å². The number of nitrogens with zero attached hydrogens (tertiary/aromatic N) is 1. The Balaban J connectivity index is 2.07. The van der Waals surface area contributed by atoms with Gasteiger partial charge in [0.1, 0.15) is 0 Å². The van der Waals surface area contributed by atoms with E-state index in [-0.39, 0.29) is 0 Å². The van der Waals surface area contributed by atoms with E-state index in [4.69, 9.17) is 0 Å². The Hall–Kier alpha value is -1.06. The molecule has 114 valence electrons. The van der Waals surface area contributed by atoms with Gasteiger partial charge in [-0.3, -0.25) is 0 Å². The molecule has 1 N–H and O–H groups in total. The standard InChI is InChI=1S/C18H25BrN2/c1-4-10-20-18(14(2)3)16-9-11-21(13-16)12-15-5-7-17(19)8-6-15/h5-9,11,13-14,18,20H,4,10,12H2,1-3H3. The molecule has 2 rings (SSSR count). The Morgan fingerprint density at radius 1 is 1.14 bits per heavy atom. The van der Waals surface area contributed by atoms with Crippen LogP contribution in [0.1, 0.15) is 44.4 Å². The molecule has 0 bridgehead atoms. The maximum absolute atomic E-state index is 3.65. The SMILES string of the molecule is CCCNC(c1ccn(Cc2ccc(Br)cc2)c1)C(C)C. The van der Waals surface area contributed by atoms with Gasteiger partial charge in [0.15, 0.2) is 0 Å². The Kier molecular flexibility index (Phi) is 6.07. The largest absolute Gasteiger partial charge is 0.350 e. The highest BCUT2D eigenvalue weighted by atomic mass is 79.9. The Morgan fingerprint density at radius 3 is 2.48 bits per heavy atom. The van der Waals surface area contributed by atoms with E-state index in [1.165, 1.54) is 17.5 Å². The van der Waals surface area contributed by atoms with E-state index in [2.05, 4.69) is 89.3 Å². The minimum Gasteiger partial charge on any atom is -0.350 e. The third-order valence-corrected chi connectivity index (χ3v) is 4.22. The molecule has 0 aliphatic rings. The van der Waals surface area contributed by atoms with Crippen molar-refractivity contribution in [2.24, 2.45) is 5.92 Å². The molecule has 0 saturated carbocycles. The zero-order valence-electron chi connectivity index (χ0n) is 13.1. The van der Waals surface area contributed by atoms with Crippen molar-refractivity contribution >= 4 is 15.9 Å². The first kappa shape index (κ1) is 16.3. The first-order valence-corrected chi connectivity index (χ1v) is 8.53. The van der Waals surface area contributed by atoms with Crippen LogP contribution in [0, 0.1) is 5.92 Å². The molecule has 0 fully saturated rings. The molecule has 0 amide bonds. The van der Waals surface area contributed by atoms with Crippen LogP contribution in [0.5, 0.6) is 0 Å². The van der Waals surface area contributed by atoms with Crippen molar-refractivity contribution in [3.8, 4) is 0 Å². The second-order valence-electron chi connectivity index (χ2n) is 5.92. The Labute approximate surface area is 136 Å². The summed E-state index contributed by atoms with van der Waals surface area (Å²) in [4.78, 5) is 0. The van der Waals surface area contributed by atoms with Gasteiger partial charge in [-0.15, -0.1) is 0 Å². The van der Waals surface area contributed by atoms with E-state index in [0.29, 0.717) is 12.0 Å². The first-order valence-electron chi connectivity index (χ1n) is 7.73. The number of aromatic nitrogens is 1. The van der Waals surface area contributed by atoms with Gasteiger partial charge in [0.2, 0.25) is 0 Å². The fourth-order valence-electron chi connectivity index (χ4n) is 2.58. The van der Waals surface area contributed by atoms with Gasteiger partial charge in [-0.05, 0) is 48.2 Å². The lowest BCUT2D eigenvalue weighted by Crippen LogP contribution is -2.26. The predicted molar refractivity (Wildman–Crippen MR) is 93.5 cm³/mol. The van der Waals surface area contributed by atoms with Gasteiger partial charge in [0.05, 0.1) is 0 Å². The molecule has 2 nitrogen and oxygen atoms in total. The van der Waals surface area contributed by atoms with Gasteiger partial charge < -0.3 is 9.88 Å². The molecule has 21 heavy (non-hydrogen) atoms. The zero-order chi connectivity index (χ0) is 15.2. The van der Waals surface area contributed by atoms with Crippen LogP contribution in [0.4, 0.5) is 0 Å². The van der Waals surface area contributed by atoms with E-state index in [1.54, 1.807) is 0 Å². The highest BCUT2D eigenvalue weighted by molar-refractivity contribution is 9.10. The second kappa shape index (κ2) is 7.81. The number of rotatable bonds is 7. The number of hydrogen-bond donors (Lipinski definition) is 1. The number of benzene rings is 1. The fraction of sp³-hybridized carbons (Fsp3) is 0.444. The van der Waals surface area contributed by atoms with Gasteiger partial charge >= 0.3 is 0 Å². The summed E-state index contributed by atoms with van der Waals surface area (Å²) in [5.74, 6) is 0.597. The molecule has 0 aliphatic heterocycles. The summed E-state index contributed by atoms with van der Waals surface area (Å²) in [6.45, 7) is 8.76. The molecule has 0 spiro atoms. The smallest absolute Gasteiger partial charge is 0.0470 e. The molecule has 1 aromatic heterocycles. The number of halogens is 1. The Morgan fingerprint density at radius 2 is 1.86 bits per heavy atom. The lowest BCUT2D eigenvalue weighted by Gasteiger charge is -2.21. The number of nitrogens with one attached hydrogen (secondary N) is 1. The third-order valence-electron chi connectivity index (χ3n) is 3.69. The highest BCUT2D eigenvalue weighted by Crippen LogP contribution is 2.22. The minimum absolute atomic E-state index is 0.441. The van der Waals surface area contributed by atoms with Gasteiger partial charge in [0.25, 0.3) is 0 Å². The van der Waals surface area contributed by atoms with Crippen LogP contribution in [0.25, 0.3) is 0 Å². The van der Waals surface area contributed by atoms with Crippen molar-refractivity contribution in [2.45, 2.75) is 39.8 Å². The molecule has 1 heterocycles. The van der Waals surface area contributed by atoms with E-state index in [9.17, 15) is 0 Å². The average molecular weight is 349 g/mol. The van der Waals surface area contributed by atoms with Crippen LogP contribution < -0.4 is 5.32 Å². The molecule has 0 saturated heterocycles. The van der Waals surface area contributed by atoms with Gasteiger partial charge in [-0.2, -0.15) is 0 Å². The topological polar surface area (TPSA) is 17.0 Å². The molecule has 1 aromatic carbocycles. The van der Waals surface area contributed by atoms with Crippen LogP contribution in [0.2, 0.25) is 0 Å². The van der Waals surface area contributed by atoms with E-state index < -0.39 is 0 Å². The summed E-state index contributed by atoms with van der Waals surface area (Å²) >= 11 is 3.48. The fourth-order valence-corrected chi connectivity index (χ4v) is 2.84. The Bertz CT molecular complexity index is 543. The molecule has 0 radical (unpaired) electrons. The number of hydrogen-bond acceptors (Lipinski definition) is 1. The zero-order valence-corrected chi connectivity index (χ0v) is 14.7. The monoisotopic (exact) mass is 348 g/mol. The van der Waals surface area contributed by atoms with Crippen LogP contribution in [0.3, 0.4) is 0 Å². The minimum atomic E-state index is 0.441. The quantitative estimate of drug-likeness (QED) is 0.745. The maximum Gasteiger partial charge on any atom is 0.0470 e. The van der Waals surface area contributed by atoms with Crippen LogP contribution in [0.15, 0.2) is 47.2 Å². The summed E-state index contributed by atoms with van der Waals surface area (Å²) in [7, 11) is 0. The highest BCUT2D eigenvalue weighted by Gasteiger charge is 2.15. The van der Waals surface area contributed by atoms with Crippen molar-refractivity contribution in [1.29, 1.82) is 0 Å². The summed E-state index contributed by atoms with van der Waals surface area (Å²) in [5.41, 5.74) is 2.71. The lowest BCUT2D eigenvalue weighted by atomic mass is 9.98. The van der Waals surface area contributed by atoms with Gasteiger partial charge in [0, 0.05) is 29.5 Å². The molecule has 2 aromatic rings. The maximum atomic E-state index is 3.65. The van der Waals surface area contributed by atoms with Crippen molar-refractivity contribution in [3.63, 3.8) is 0 Å². The molecule has 0 aliphatic carbocycles. The third kappa shape index (κ3) is 4.72. The molecule has 3 heteroatoms. The molecule has 1 unspecified atom stereocenters. The van der Waals surface area contributed by atoms with Crippen molar-refractivity contribution in [3.05, 3.63) is 58.3 Å². The first-order chi connectivity index (χ1) is 10.1.